The summed E-state index contributed by atoms with van der Waals surface area (Å²) in [6.45, 7) is 4.23. The number of rotatable bonds is 1. The standard InChI is InChI=1S/C14H15N3OS/c1-14(2)11-7-5-4-6-10(11)8-9-17-12(14)15-16-13(17)19(3)18/h4-9H,1-3H3. The van der Waals surface area contributed by atoms with Crippen LogP contribution in [0.4, 0.5) is 0 Å². The van der Waals surface area contributed by atoms with Gasteiger partial charge in [-0.2, -0.15) is 0 Å². The second-order valence-electron chi connectivity index (χ2n) is 5.16. The van der Waals surface area contributed by atoms with Crippen molar-refractivity contribution in [2.24, 2.45) is 0 Å². The molecule has 0 radical (unpaired) electrons. The average Bonchev–Trinajstić information content (AvgIpc) is 2.77. The van der Waals surface area contributed by atoms with Crippen LogP contribution in [0, 0.1) is 0 Å². The Morgan fingerprint density at radius 3 is 2.68 bits per heavy atom. The van der Waals surface area contributed by atoms with E-state index in [0.717, 1.165) is 11.4 Å². The van der Waals surface area contributed by atoms with E-state index in [1.807, 2.05) is 29.0 Å². The lowest BCUT2D eigenvalue weighted by molar-refractivity contribution is 0.578. The zero-order valence-corrected chi connectivity index (χ0v) is 11.9. The molecular weight excluding hydrogens is 258 g/mol. The van der Waals surface area contributed by atoms with Crippen LogP contribution in [0.25, 0.3) is 12.3 Å². The quantitative estimate of drug-likeness (QED) is 0.801. The van der Waals surface area contributed by atoms with Gasteiger partial charge in [-0.1, -0.05) is 24.3 Å². The Hall–Kier alpha value is -1.75. The lowest BCUT2D eigenvalue weighted by Crippen LogP contribution is -2.23. The number of hydrogen-bond donors (Lipinski definition) is 0. The monoisotopic (exact) mass is 273 g/mol. The van der Waals surface area contributed by atoms with E-state index >= 15 is 0 Å². The molecule has 0 aliphatic carbocycles. The molecule has 2 aromatic rings. The van der Waals surface area contributed by atoms with E-state index in [1.54, 1.807) is 6.26 Å². The number of nitrogens with zero attached hydrogens (tertiary/aromatic N) is 3. The predicted octanol–water partition coefficient (Wildman–Crippen LogP) is 2.28. The van der Waals surface area contributed by atoms with E-state index in [-0.39, 0.29) is 5.41 Å². The van der Waals surface area contributed by atoms with Gasteiger partial charge in [0.15, 0.2) is 0 Å². The summed E-state index contributed by atoms with van der Waals surface area (Å²) in [4.78, 5) is 0. The minimum atomic E-state index is -1.16. The van der Waals surface area contributed by atoms with Crippen molar-refractivity contribution in [2.45, 2.75) is 24.4 Å². The molecule has 0 fully saturated rings. The molecule has 2 heterocycles. The third kappa shape index (κ3) is 1.76. The first-order valence-electron chi connectivity index (χ1n) is 6.08. The maximum absolute atomic E-state index is 11.7. The van der Waals surface area contributed by atoms with E-state index in [9.17, 15) is 4.21 Å². The topological polar surface area (TPSA) is 47.8 Å². The fourth-order valence-corrected chi connectivity index (χ4v) is 3.10. The maximum atomic E-state index is 11.7. The van der Waals surface area contributed by atoms with Crippen molar-refractivity contribution in [1.29, 1.82) is 0 Å². The fraction of sp³-hybridized carbons (Fsp3) is 0.286. The maximum Gasteiger partial charge on any atom is 0.225 e. The van der Waals surface area contributed by atoms with Crippen molar-refractivity contribution in [1.82, 2.24) is 14.8 Å². The van der Waals surface area contributed by atoms with Crippen LogP contribution in [-0.4, -0.2) is 25.2 Å². The second kappa shape index (κ2) is 4.13. The normalized spacial score (nSPS) is 17.4. The summed E-state index contributed by atoms with van der Waals surface area (Å²) in [7, 11) is -1.16. The van der Waals surface area contributed by atoms with Gasteiger partial charge in [0.2, 0.25) is 5.16 Å². The Morgan fingerprint density at radius 1 is 1.21 bits per heavy atom. The molecule has 0 amide bonds. The van der Waals surface area contributed by atoms with Gasteiger partial charge in [-0.05, 0) is 31.1 Å². The molecular formula is C14H15N3OS. The lowest BCUT2D eigenvalue weighted by Gasteiger charge is -2.24. The van der Waals surface area contributed by atoms with Crippen LogP contribution >= 0.6 is 0 Å². The van der Waals surface area contributed by atoms with Crippen molar-refractivity contribution in [3.63, 3.8) is 0 Å². The molecule has 0 N–H and O–H groups in total. The Balaban J connectivity index is 2.31. The number of benzene rings is 1. The first-order chi connectivity index (χ1) is 9.01. The van der Waals surface area contributed by atoms with Crippen molar-refractivity contribution in [3.05, 3.63) is 41.2 Å². The van der Waals surface area contributed by atoms with Gasteiger partial charge in [0.1, 0.15) is 5.82 Å². The summed E-state index contributed by atoms with van der Waals surface area (Å²) in [5.41, 5.74) is 2.08. The van der Waals surface area contributed by atoms with Crippen LogP contribution in [0.2, 0.25) is 0 Å². The van der Waals surface area contributed by atoms with Crippen LogP contribution in [0.15, 0.2) is 29.4 Å². The van der Waals surface area contributed by atoms with Crippen molar-refractivity contribution < 1.29 is 4.21 Å². The third-order valence-electron chi connectivity index (χ3n) is 3.52. The molecule has 0 spiro atoms. The van der Waals surface area contributed by atoms with Gasteiger partial charge in [-0.15, -0.1) is 10.2 Å². The smallest absolute Gasteiger partial charge is 0.225 e. The SMILES string of the molecule is CS(=O)c1nnc2n1C=Cc1ccccc1C2(C)C. The summed E-state index contributed by atoms with van der Waals surface area (Å²) in [5, 5.41) is 8.82. The van der Waals surface area contributed by atoms with Gasteiger partial charge < -0.3 is 0 Å². The van der Waals surface area contributed by atoms with E-state index in [1.165, 1.54) is 5.56 Å². The van der Waals surface area contributed by atoms with Gasteiger partial charge in [0, 0.05) is 12.5 Å². The summed E-state index contributed by atoms with van der Waals surface area (Å²) in [5.74, 6) is 0.818. The zero-order chi connectivity index (χ0) is 13.6. The molecule has 1 aromatic heterocycles. The van der Waals surface area contributed by atoms with Crippen LogP contribution in [0.5, 0.6) is 0 Å². The van der Waals surface area contributed by atoms with Gasteiger partial charge in [-0.25, -0.2) is 0 Å². The molecule has 19 heavy (non-hydrogen) atoms. The van der Waals surface area contributed by atoms with E-state index in [4.69, 9.17) is 0 Å². The van der Waals surface area contributed by atoms with Crippen LogP contribution in [0.1, 0.15) is 30.8 Å². The van der Waals surface area contributed by atoms with Crippen LogP contribution in [0.3, 0.4) is 0 Å². The highest BCUT2D eigenvalue weighted by atomic mass is 32.2. The molecule has 0 saturated heterocycles. The molecule has 3 rings (SSSR count). The van der Waals surface area contributed by atoms with Crippen LogP contribution in [-0.2, 0) is 16.2 Å². The van der Waals surface area contributed by atoms with Crippen molar-refractivity contribution >= 4 is 23.1 Å². The highest BCUT2D eigenvalue weighted by Gasteiger charge is 2.33. The van der Waals surface area contributed by atoms with E-state index in [0.29, 0.717) is 5.16 Å². The second-order valence-corrected chi connectivity index (χ2v) is 6.43. The largest absolute Gasteiger partial charge is 0.278 e. The van der Waals surface area contributed by atoms with Gasteiger partial charge in [0.05, 0.1) is 16.2 Å². The third-order valence-corrected chi connectivity index (χ3v) is 4.31. The lowest BCUT2D eigenvalue weighted by atomic mass is 9.81. The predicted molar refractivity (Wildman–Crippen MR) is 76.1 cm³/mol. The molecule has 1 atom stereocenters. The fourth-order valence-electron chi connectivity index (χ4n) is 2.52. The molecule has 1 aliphatic heterocycles. The molecule has 4 nitrogen and oxygen atoms in total. The summed E-state index contributed by atoms with van der Waals surface area (Å²) < 4.78 is 13.6. The molecule has 98 valence electrons. The van der Waals surface area contributed by atoms with Gasteiger partial charge in [-0.3, -0.25) is 8.78 Å². The highest BCUT2D eigenvalue weighted by Crippen LogP contribution is 2.36. The molecule has 1 aromatic carbocycles. The minimum Gasteiger partial charge on any atom is -0.278 e. The van der Waals surface area contributed by atoms with Gasteiger partial charge in [0.25, 0.3) is 0 Å². The van der Waals surface area contributed by atoms with E-state index in [2.05, 4.69) is 36.2 Å². The Labute approximate surface area is 114 Å². The molecule has 5 heteroatoms. The molecule has 0 saturated carbocycles. The summed E-state index contributed by atoms with van der Waals surface area (Å²) >= 11 is 0. The first kappa shape index (κ1) is 12.3. The Morgan fingerprint density at radius 2 is 1.95 bits per heavy atom. The first-order valence-corrected chi connectivity index (χ1v) is 7.64. The summed E-state index contributed by atoms with van der Waals surface area (Å²) in [6, 6.07) is 8.23. The molecule has 0 bridgehead atoms. The average molecular weight is 273 g/mol. The Kier molecular flexibility index (Phi) is 2.67. The number of fused-ring (bicyclic) bond motifs is 2. The molecule has 1 unspecified atom stereocenters. The summed E-state index contributed by atoms with van der Waals surface area (Å²) in [6.07, 6.45) is 5.54. The number of aromatic nitrogens is 3. The minimum absolute atomic E-state index is 0.273. The van der Waals surface area contributed by atoms with Crippen molar-refractivity contribution in [3.8, 4) is 0 Å². The molecule has 1 aliphatic rings. The van der Waals surface area contributed by atoms with Gasteiger partial charge >= 0.3 is 0 Å². The zero-order valence-electron chi connectivity index (χ0n) is 11.1. The van der Waals surface area contributed by atoms with E-state index < -0.39 is 10.8 Å². The Bertz CT molecular complexity index is 700. The van der Waals surface area contributed by atoms with Crippen molar-refractivity contribution in [2.75, 3.05) is 6.26 Å². The highest BCUT2D eigenvalue weighted by molar-refractivity contribution is 7.84. The number of hydrogen-bond acceptors (Lipinski definition) is 3. The van der Waals surface area contributed by atoms with Crippen LogP contribution < -0.4 is 0 Å².